The maximum atomic E-state index is 11.0. The van der Waals surface area contributed by atoms with Crippen LogP contribution in [-0.4, -0.2) is 5.91 Å². The summed E-state index contributed by atoms with van der Waals surface area (Å²) in [7, 11) is 0. The normalized spacial score (nSPS) is 10.8. The number of rotatable bonds is 15. The summed E-state index contributed by atoms with van der Waals surface area (Å²) >= 11 is 0. The molecule has 0 saturated carbocycles. The van der Waals surface area contributed by atoms with Crippen molar-refractivity contribution in [3.8, 4) is 0 Å². The Morgan fingerprint density at radius 3 is 1.80 bits per heavy atom. The molecule has 0 atom stereocenters. The number of amides is 1. The van der Waals surface area contributed by atoms with E-state index >= 15 is 0 Å². The van der Waals surface area contributed by atoms with Crippen LogP contribution in [0.4, 0.5) is 5.69 Å². The second-order valence-corrected chi connectivity index (χ2v) is 7.28. The first-order chi connectivity index (χ1) is 12.2. The minimum Gasteiger partial charge on any atom is -0.326 e. The lowest BCUT2D eigenvalue weighted by atomic mass is 10.0. The lowest BCUT2D eigenvalue weighted by Crippen LogP contribution is -2.05. The standard InChI is InChI=1S/C23H38NO/c1-3-4-5-6-7-8-9-10-11-12-13-14-15-16-22-17-19-23(20-18-22)24-21(2)25/h17-19H,3-16H2,1-2H3,(H,24,25). The third-order valence-electron chi connectivity index (χ3n) is 4.76. The summed E-state index contributed by atoms with van der Waals surface area (Å²) in [4.78, 5) is 11.0. The molecule has 1 N–H and O–H groups in total. The number of hydrogen-bond donors (Lipinski definition) is 1. The molecule has 0 spiro atoms. The van der Waals surface area contributed by atoms with Crippen LogP contribution in [0.5, 0.6) is 0 Å². The van der Waals surface area contributed by atoms with Gasteiger partial charge in [0, 0.05) is 18.7 Å². The molecule has 0 aliphatic heterocycles. The Kier molecular flexibility index (Phi) is 13.0. The predicted octanol–water partition coefficient (Wildman–Crippen LogP) is 7.08. The zero-order valence-electron chi connectivity index (χ0n) is 16.5. The Labute approximate surface area is 155 Å². The molecule has 0 saturated heterocycles. The fourth-order valence-corrected chi connectivity index (χ4v) is 3.23. The van der Waals surface area contributed by atoms with E-state index in [-0.39, 0.29) is 5.91 Å². The molecule has 1 rings (SSSR count). The lowest BCUT2D eigenvalue weighted by molar-refractivity contribution is -0.114. The first-order valence-corrected chi connectivity index (χ1v) is 10.5. The molecule has 1 radical (unpaired) electrons. The van der Waals surface area contributed by atoms with Crippen molar-refractivity contribution in [3.63, 3.8) is 0 Å². The van der Waals surface area contributed by atoms with Crippen molar-refractivity contribution in [1.29, 1.82) is 0 Å². The van der Waals surface area contributed by atoms with E-state index in [2.05, 4.69) is 24.4 Å². The predicted molar refractivity (Wildman–Crippen MR) is 109 cm³/mol. The number of carbonyl (C=O) groups is 1. The highest BCUT2D eigenvalue weighted by Crippen LogP contribution is 2.14. The average molecular weight is 345 g/mol. The first kappa shape index (κ1) is 21.7. The molecule has 0 heterocycles. The molecule has 0 aliphatic carbocycles. The van der Waals surface area contributed by atoms with Gasteiger partial charge in [-0.05, 0) is 30.5 Å². The smallest absolute Gasteiger partial charge is 0.221 e. The molecule has 2 heteroatoms. The van der Waals surface area contributed by atoms with Gasteiger partial charge >= 0.3 is 0 Å². The maximum Gasteiger partial charge on any atom is 0.221 e. The second-order valence-electron chi connectivity index (χ2n) is 7.28. The molecule has 25 heavy (non-hydrogen) atoms. The van der Waals surface area contributed by atoms with Crippen LogP contribution < -0.4 is 5.32 Å². The van der Waals surface area contributed by atoms with Crippen LogP contribution in [0.1, 0.15) is 103 Å². The zero-order chi connectivity index (χ0) is 18.2. The van der Waals surface area contributed by atoms with Gasteiger partial charge in [-0.3, -0.25) is 4.79 Å². The Hall–Kier alpha value is -1.31. The van der Waals surface area contributed by atoms with Crippen LogP contribution >= 0.6 is 0 Å². The van der Waals surface area contributed by atoms with Crippen molar-refractivity contribution in [1.82, 2.24) is 0 Å². The number of anilines is 1. The number of carbonyl (C=O) groups excluding carboxylic acids is 1. The highest BCUT2D eigenvalue weighted by atomic mass is 16.1. The van der Waals surface area contributed by atoms with Crippen molar-refractivity contribution in [2.45, 2.75) is 104 Å². The minimum absolute atomic E-state index is 0.0412. The maximum absolute atomic E-state index is 11.0. The number of nitrogens with one attached hydrogen (secondary N) is 1. The van der Waals surface area contributed by atoms with Crippen LogP contribution in [0, 0.1) is 6.07 Å². The van der Waals surface area contributed by atoms with E-state index in [1.165, 1.54) is 96.0 Å². The number of unbranched alkanes of at least 4 members (excludes halogenated alkanes) is 12. The Morgan fingerprint density at radius 2 is 1.36 bits per heavy atom. The summed E-state index contributed by atoms with van der Waals surface area (Å²) < 4.78 is 0. The molecule has 0 aromatic heterocycles. The highest BCUT2D eigenvalue weighted by molar-refractivity contribution is 5.88. The summed E-state index contributed by atoms with van der Waals surface area (Å²) in [5, 5.41) is 2.75. The van der Waals surface area contributed by atoms with Crippen molar-refractivity contribution in [3.05, 3.63) is 29.8 Å². The number of hydrogen-bond acceptors (Lipinski definition) is 1. The van der Waals surface area contributed by atoms with Gasteiger partial charge in [0.15, 0.2) is 0 Å². The van der Waals surface area contributed by atoms with Gasteiger partial charge in [0.1, 0.15) is 0 Å². The fraction of sp³-hybridized carbons (Fsp3) is 0.696. The van der Waals surface area contributed by atoms with Crippen LogP contribution in [0.15, 0.2) is 18.2 Å². The van der Waals surface area contributed by atoms with Gasteiger partial charge in [-0.2, -0.15) is 0 Å². The molecule has 1 amide bonds. The number of aryl methyl sites for hydroxylation is 1. The Bertz CT molecular complexity index is 438. The van der Waals surface area contributed by atoms with Gasteiger partial charge in [0.2, 0.25) is 5.91 Å². The third kappa shape index (κ3) is 12.7. The van der Waals surface area contributed by atoms with Gasteiger partial charge in [-0.15, -0.1) is 0 Å². The molecule has 0 bridgehead atoms. The zero-order valence-corrected chi connectivity index (χ0v) is 16.5. The van der Waals surface area contributed by atoms with E-state index in [9.17, 15) is 4.79 Å². The summed E-state index contributed by atoms with van der Waals surface area (Å²) in [6.45, 7) is 3.80. The van der Waals surface area contributed by atoms with Crippen LogP contribution in [0.2, 0.25) is 0 Å². The molecule has 0 aliphatic rings. The van der Waals surface area contributed by atoms with E-state index in [0.29, 0.717) is 0 Å². The molecular weight excluding hydrogens is 306 g/mol. The molecule has 0 fully saturated rings. The molecule has 0 unspecified atom stereocenters. The molecule has 1 aromatic carbocycles. The topological polar surface area (TPSA) is 29.1 Å². The Balaban J connectivity index is 1.89. The molecular formula is C23H38NO. The summed E-state index contributed by atoms with van der Waals surface area (Å²) in [6, 6.07) is 9.18. The van der Waals surface area contributed by atoms with Gasteiger partial charge < -0.3 is 5.32 Å². The van der Waals surface area contributed by atoms with E-state index in [1.807, 2.05) is 12.1 Å². The van der Waals surface area contributed by atoms with Crippen LogP contribution in [-0.2, 0) is 11.2 Å². The number of benzene rings is 1. The van der Waals surface area contributed by atoms with Gasteiger partial charge in [0.05, 0.1) is 0 Å². The minimum atomic E-state index is -0.0412. The summed E-state index contributed by atoms with van der Waals surface area (Å²) in [6.07, 6.45) is 19.2. The molecule has 2 nitrogen and oxygen atoms in total. The van der Waals surface area contributed by atoms with Crippen molar-refractivity contribution < 1.29 is 4.79 Å². The fourth-order valence-electron chi connectivity index (χ4n) is 3.23. The Morgan fingerprint density at radius 1 is 0.840 bits per heavy atom. The third-order valence-corrected chi connectivity index (χ3v) is 4.76. The van der Waals surface area contributed by atoms with Crippen LogP contribution in [0.25, 0.3) is 0 Å². The van der Waals surface area contributed by atoms with E-state index in [4.69, 9.17) is 0 Å². The van der Waals surface area contributed by atoms with E-state index in [1.54, 1.807) is 0 Å². The van der Waals surface area contributed by atoms with Crippen molar-refractivity contribution in [2.24, 2.45) is 0 Å². The van der Waals surface area contributed by atoms with Gasteiger partial charge in [-0.25, -0.2) is 0 Å². The molecule has 141 valence electrons. The molecule has 1 aromatic rings. The summed E-state index contributed by atoms with van der Waals surface area (Å²) in [5.74, 6) is -0.0412. The first-order valence-electron chi connectivity index (χ1n) is 10.5. The SMILES string of the molecule is CCCCCCCCCCCCCCCc1c[c]c(NC(C)=O)cc1. The largest absolute Gasteiger partial charge is 0.326 e. The highest BCUT2D eigenvalue weighted by Gasteiger charge is 1.98. The van der Waals surface area contributed by atoms with E-state index < -0.39 is 0 Å². The quantitative estimate of drug-likeness (QED) is 0.338. The average Bonchev–Trinajstić information content (AvgIpc) is 2.60. The van der Waals surface area contributed by atoms with E-state index in [0.717, 1.165) is 12.1 Å². The lowest BCUT2D eigenvalue weighted by Gasteiger charge is -2.05. The summed E-state index contributed by atoms with van der Waals surface area (Å²) in [5.41, 5.74) is 2.08. The van der Waals surface area contributed by atoms with Crippen LogP contribution in [0.3, 0.4) is 0 Å². The van der Waals surface area contributed by atoms with Gasteiger partial charge in [-0.1, -0.05) is 90.0 Å². The van der Waals surface area contributed by atoms with Crippen molar-refractivity contribution in [2.75, 3.05) is 5.32 Å². The van der Waals surface area contributed by atoms with Crippen molar-refractivity contribution >= 4 is 11.6 Å². The van der Waals surface area contributed by atoms with Gasteiger partial charge in [0.25, 0.3) is 0 Å². The second kappa shape index (κ2) is 15.0. The monoisotopic (exact) mass is 344 g/mol.